The predicted molar refractivity (Wildman–Crippen MR) is 108 cm³/mol. The van der Waals surface area contributed by atoms with Crippen molar-refractivity contribution in [1.29, 1.82) is 0 Å². The summed E-state index contributed by atoms with van der Waals surface area (Å²) in [5, 5.41) is 1.86. The lowest BCUT2D eigenvalue weighted by Gasteiger charge is -2.03. The molecular weight excluding hydrogens is 376 g/mol. The van der Waals surface area contributed by atoms with Gasteiger partial charge in [-0.15, -0.1) is 0 Å². The van der Waals surface area contributed by atoms with Gasteiger partial charge < -0.3 is 14.1 Å². The van der Waals surface area contributed by atoms with Crippen molar-refractivity contribution >= 4 is 28.5 Å². The quantitative estimate of drug-likeness (QED) is 0.418. The van der Waals surface area contributed by atoms with Crippen LogP contribution in [0.4, 0.5) is 0 Å². The van der Waals surface area contributed by atoms with Crippen molar-refractivity contribution in [3.05, 3.63) is 77.4 Å². The van der Waals surface area contributed by atoms with Gasteiger partial charge in [-0.1, -0.05) is 29.8 Å². The summed E-state index contributed by atoms with van der Waals surface area (Å²) in [6.07, 6.45) is 5.51. The Morgan fingerprint density at radius 1 is 1.14 bits per heavy atom. The van der Waals surface area contributed by atoms with Crippen LogP contribution in [0.1, 0.15) is 24.3 Å². The maximum atomic E-state index is 12.0. The number of esters is 1. The number of rotatable bonds is 7. The number of hydrogen-bond acceptors (Lipinski definition) is 4. The lowest BCUT2D eigenvalue weighted by molar-refractivity contribution is -0.145. The molecule has 1 N–H and O–H groups in total. The molecule has 0 atom stereocenters. The lowest BCUT2D eigenvalue weighted by atomic mass is 10.1. The number of aromatic nitrogens is 2. The number of nitrogens with zero attached hydrogens (tertiary/aromatic N) is 1. The van der Waals surface area contributed by atoms with Gasteiger partial charge in [0.05, 0.1) is 6.20 Å². The number of hydrogen-bond donors (Lipinski definition) is 1. The van der Waals surface area contributed by atoms with E-state index < -0.39 is 0 Å². The zero-order valence-electron chi connectivity index (χ0n) is 15.2. The molecule has 0 bridgehead atoms. The lowest BCUT2D eigenvalue weighted by Crippen LogP contribution is -2.05. The Morgan fingerprint density at radius 3 is 2.82 bits per heavy atom. The molecule has 2 aromatic heterocycles. The van der Waals surface area contributed by atoms with E-state index in [1.807, 2.05) is 36.5 Å². The van der Waals surface area contributed by atoms with E-state index in [-0.39, 0.29) is 12.6 Å². The molecule has 28 heavy (non-hydrogen) atoms. The average Bonchev–Trinajstić information content (AvgIpc) is 3.35. The van der Waals surface area contributed by atoms with Gasteiger partial charge in [-0.25, -0.2) is 4.98 Å². The number of halogens is 1. The van der Waals surface area contributed by atoms with Crippen LogP contribution in [-0.2, 0) is 22.6 Å². The Morgan fingerprint density at radius 2 is 1.96 bits per heavy atom. The minimum absolute atomic E-state index is 0.0273. The molecule has 0 unspecified atom stereocenters. The first-order valence-electron chi connectivity index (χ1n) is 9.10. The van der Waals surface area contributed by atoms with Crippen molar-refractivity contribution in [1.82, 2.24) is 9.97 Å². The Balaban J connectivity index is 1.25. The molecule has 0 fully saturated rings. The zero-order valence-corrected chi connectivity index (χ0v) is 15.9. The summed E-state index contributed by atoms with van der Waals surface area (Å²) < 4.78 is 10.9. The van der Waals surface area contributed by atoms with Crippen LogP contribution in [0.15, 0.2) is 65.3 Å². The van der Waals surface area contributed by atoms with Gasteiger partial charge in [-0.05, 0) is 48.7 Å². The number of aryl methyl sites for hydroxylation is 1. The topological polar surface area (TPSA) is 68.1 Å². The number of carbonyl (C=O) groups is 1. The van der Waals surface area contributed by atoms with E-state index in [9.17, 15) is 4.79 Å². The summed E-state index contributed by atoms with van der Waals surface area (Å²) >= 11 is 5.89. The molecule has 0 saturated carbocycles. The zero-order chi connectivity index (χ0) is 19.3. The molecule has 0 aliphatic heterocycles. The van der Waals surface area contributed by atoms with Crippen LogP contribution < -0.4 is 0 Å². The monoisotopic (exact) mass is 394 g/mol. The van der Waals surface area contributed by atoms with Crippen LogP contribution in [0.2, 0.25) is 5.02 Å². The fourth-order valence-corrected chi connectivity index (χ4v) is 3.23. The first kappa shape index (κ1) is 18.3. The molecule has 0 radical (unpaired) electrons. The highest BCUT2D eigenvalue weighted by atomic mass is 35.5. The molecule has 5 nitrogen and oxygen atoms in total. The maximum absolute atomic E-state index is 12.0. The second-order valence-electron chi connectivity index (χ2n) is 6.50. The van der Waals surface area contributed by atoms with E-state index >= 15 is 0 Å². The van der Waals surface area contributed by atoms with Crippen LogP contribution in [0.5, 0.6) is 0 Å². The predicted octanol–water partition coefficient (Wildman–Crippen LogP) is 5.54. The maximum Gasteiger partial charge on any atom is 0.306 e. The van der Waals surface area contributed by atoms with E-state index in [2.05, 4.69) is 16.0 Å². The molecule has 0 spiro atoms. The number of oxazole rings is 1. The van der Waals surface area contributed by atoms with Crippen molar-refractivity contribution in [2.24, 2.45) is 0 Å². The molecule has 6 heteroatoms. The van der Waals surface area contributed by atoms with Gasteiger partial charge in [0.15, 0.2) is 12.4 Å². The van der Waals surface area contributed by atoms with E-state index in [1.165, 1.54) is 10.9 Å². The van der Waals surface area contributed by atoms with Crippen molar-refractivity contribution < 1.29 is 13.9 Å². The molecule has 0 aliphatic carbocycles. The summed E-state index contributed by atoms with van der Waals surface area (Å²) in [5.41, 5.74) is 3.19. The van der Waals surface area contributed by atoms with Gasteiger partial charge in [0, 0.05) is 34.1 Å². The van der Waals surface area contributed by atoms with Gasteiger partial charge in [-0.3, -0.25) is 4.79 Å². The number of carbonyl (C=O) groups excluding carboxylic acids is 1. The molecule has 2 aromatic carbocycles. The molecule has 4 rings (SSSR count). The highest BCUT2D eigenvalue weighted by Crippen LogP contribution is 2.23. The fourth-order valence-electron chi connectivity index (χ4n) is 3.10. The van der Waals surface area contributed by atoms with Crippen LogP contribution >= 0.6 is 11.6 Å². The number of fused-ring (bicyclic) bond motifs is 1. The van der Waals surface area contributed by atoms with Crippen molar-refractivity contribution in [3.63, 3.8) is 0 Å². The Bertz CT molecular complexity index is 1080. The second-order valence-corrected chi connectivity index (χ2v) is 6.94. The SMILES string of the molecule is O=C(CCCc1c[nH]c2ccccc12)OCc1ncc(-c2ccc(Cl)cc2)o1. The van der Waals surface area contributed by atoms with E-state index in [0.717, 1.165) is 23.9 Å². The molecule has 4 aromatic rings. The van der Waals surface area contributed by atoms with Gasteiger partial charge in [0.2, 0.25) is 5.89 Å². The van der Waals surface area contributed by atoms with E-state index in [0.29, 0.717) is 23.1 Å². The van der Waals surface area contributed by atoms with Gasteiger partial charge in [0.25, 0.3) is 0 Å². The third kappa shape index (κ3) is 4.26. The fraction of sp³-hybridized carbons (Fsp3) is 0.182. The van der Waals surface area contributed by atoms with Crippen LogP contribution in [0.3, 0.4) is 0 Å². The highest BCUT2D eigenvalue weighted by molar-refractivity contribution is 6.30. The second kappa shape index (κ2) is 8.31. The molecule has 142 valence electrons. The molecular formula is C22H19ClN2O3. The summed E-state index contributed by atoms with van der Waals surface area (Å²) in [5.74, 6) is 0.725. The van der Waals surface area contributed by atoms with Crippen molar-refractivity contribution in [3.8, 4) is 11.3 Å². The smallest absolute Gasteiger partial charge is 0.306 e. The Kier molecular flexibility index (Phi) is 5.44. The van der Waals surface area contributed by atoms with Crippen molar-refractivity contribution in [2.75, 3.05) is 0 Å². The average molecular weight is 395 g/mol. The number of benzene rings is 2. The first-order chi connectivity index (χ1) is 13.7. The highest BCUT2D eigenvalue weighted by Gasteiger charge is 2.10. The minimum Gasteiger partial charge on any atom is -0.456 e. The van der Waals surface area contributed by atoms with Crippen molar-refractivity contribution in [2.45, 2.75) is 25.9 Å². The third-order valence-electron chi connectivity index (χ3n) is 4.54. The van der Waals surface area contributed by atoms with E-state index in [4.69, 9.17) is 20.8 Å². The molecule has 0 saturated heterocycles. The number of para-hydroxylation sites is 1. The van der Waals surface area contributed by atoms with Gasteiger partial charge >= 0.3 is 5.97 Å². The summed E-state index contributed by atoms with van der Waals surface area (Å²) in [4.78, 5) is 19.4. The van der Waals surface area contributed by atoms with Crippen LogP contribution in [-0.4, -0.2) is 15.9 Å². The normalized spacial score (nSPS) is 11.0. The summed E-state index contributed by atoms with van der Waals surface area (Å²) in [6.45, 7) is 0.0273. The Labute approximate surface area is 167 Å². The number of nitrogens with one attached hydrogen (secondary N) is 1. The van der Waals surface area contributed by atoms with E-state index in [1.54, 1.807) is 18.3 Å². The van der Waals surface area contributed by atoms with Gasteiger partial charge in [-0.2, -0.15) is 0 Å². The van der Waals surface area contributed by atoms with Crippen LogP contribution in [0, 0.1) is 0 Å². The number of ether oxygens (including phenoxy) is 1. The minimum atomic E-state index is -0.258. The largest absolute Gasteiger partial charge is 0.456 e. The number of aromatic amines is 1. The summed E-state index contributed by atoms with van der Waals surface area (Å²) in [6, 6.07) is 15.4. The molecule has 2 heterocycles. The molecule has 0 aliphatic rings. The first-order valence-corrected chi connectivity index (χ1v) is 9.48. The Hall–Kier alpha value is -3.05. The van der Waals surface area contributed by atoms with Crippen LogP contribution in [0.25, 0.3) is 22.2 Å². The summed E-state index contributed by atoms with van der Waals surface area (Å²) in [7, 11) is 0. The number of H-pyrrole nitrogens is 1. The van der Waals surface area contributed by atoms with Gasteiger partial charge in [0.1, 0.15) is 0 Å². The molecule has 0 amide bonds. The third-order valence-corrected chi connectivity index (χ3v) is 4.79. The standard InChI is InChI=1S/C22H19ClN2O3/c23-17-10-8-15(9-11-17)20-13-25-21(28-20)14-27-22(26)7-3-4-16-12-24-19-6-2-1-5-18(16)19/h1-2,5-6,8-13,24H,3-4,7,14H2.